The Hall–Kier alpha value is -1.09. The molecule has 3 heteroatoms. The highest BCUT2D eigenvalue weighted by Crippen LogP contribution is 2.24. The minimum absolute atomic E-state index is 0.671. The summed E-state index contributed by atoms with van der Waals surface area (Å²) < 4.78 is 0. The first-order valence-corrected chi connectivity index (χ1v) is 7.14. The summed E-state index contributed by atoms with van der Waals surface area (Å²) in [6, 6.07) is 7.00. The Morgan fingerprint density at radius 2 is 1.94 bits per heavy atom. The quantitative estimate of drug-likeness (QED) is 0.829. The van der Waals surface area contributed by atoms with Gasteiger partial charge in [0.2, 0.25) is 0 Å². The van der Waals surface area contributed by atoms with Crippen molar-refractivity contribution in [2.75, 3.05) is 19.0 Å². The molecule has 3 nitrogen and oxygen atoms in total. The molecule has 0 spiro atoms. The number of nitrogens with zero attached hydrogens (tertiary/aromatic N) is 2. The summed E-state index contributed by atoms with van der Waals surface area (Å²) in [4.78, 5) is 7.11. The summed E-state index contributed by atoms with van der Waals surface area (Å²) in [5.41, 5.74) is 1.12. The van der Waals surface area contributed by atoms with Gasteiger partial charge >= 0.3 is 0 Å². The van der Waals surface area contributed by atoms with Crippen LogP contribution in [0.5, 0.6) is 0 Å². The molecule has 1 aliphatic rings. The highest BCUT2D eigenvalue weighted by molar-refractivity contribution is 5.39. The Labute approximate surface area is 111 Å². The van der Waals surface area contributed by atoms with Crippen LogP contribution in [0.1, 0.15) is 44.2 Å². The van der Waals surface area contributed by atoms with Gasteiger partial charge in [-0.15, -0.1) is 0 Å². The smallest absolute Gasteiger partial charge is 0.128 e. The highest BCUT2D eigenvalue weighted by atomic mass is 15.2. The fourth-order valence-electron chi connectivity index (χ4n) is 2.78. The van der Waals surface area contributed by atoms with Gasteiger partial charge in [-0.05, 0) is 32.0 Å². The SMILES string of the molecule is CNCc1cccc(N(C)C2CCCCCC2)n1. The zero-order valence-corrected chi connectivity index (χ0v) is 11.7. The second-order valence-corrected chi connectivity index (χ2v) is 5.27. The fraction of sp³-hybridized carbons (Fsp3) is 0.667. The van der Waals surface area contributed by atoms with E-state index >= 15 is 0 Å². The zero-order valence-electron chi connectivity index (χ0n) is 11.7. The molecule has 1 heterocycles. The summed E-state index contributed by atoms with van der Waals surface area (Å²) in [5.74, 6) is 1.12. The molecule has 1 fully saturated rings. The molecule has 0 aliphatic heterocycles. The van der Waals surface area contributed by atoms with Gasteiger partial charge < -0.3 is 10.2 Å². The average Bonchev–Trinajstić information content (AvgIpc) is 2.67. The molecule has 0 atom stereocenters. The lowest BCUT2D eigenvalue weighted by Crippen LogP contribution is -2.32. The monoisotopic (exact) mass is 247 g/mol. The van der Waals surface area contributed by atoms with Crippen molar-refractivity contribution in [3.63, 3.8) is 0 Å². The van der Waals surface area contributed by atoms with Gasteiger partial charge in [0.05, 0.1) is 5.69 Å². The predicted octanol–water partition coefficient (Wildman–Crippen LogP) is 2.96. The van der Waals surface area contributed by atoms with Crippen LogP contribution in [0, 0.1) is 0 Å². The summed E-state index contributed by atoms with van der Waals surface area (Å²) in [6.07, 6.45) is 8.16. The number of aromatic nitrogens is 1. The molecule has 1 N–H and O–H groups in total. The van der Waals surface area contributed by atoms with Crippen molar-refractivity contribution in [1.29, 1.82) is 0 Å². The number of anilines is 1. The largest absolute Gasteiger partial charge is 0.357 e. The standard InChI is InChI=1S/C15H25N3/c1-16-12-13-8-7-11-15(17-13)18(2)14-9-5-3-4-6-10-14/h7-8,11,14,16H,3-6,9-10,12H2,1-2H3. The van der Waals surface area contributed by atoms with Crippen LogP contribution in [-0.2, 0) is 6.54 Å². The lowest BCUT2D eigenvalue weighted by molar-refractivity contribution is 0.548. The maximum atomic E-state index is 4.73. The van der Waals surface area contributed by atoms with Crippen LogP contribution >= 0.6 is 0 Å². The normalized spacial score (nSPS) is 17.4. The molecule has 1 saturated carbocycles. The zero-order chi connectivity index (χ0) is 12.8. The number of hydrogen-bond acceptors (Lipinski definition) is 3. The number of pyridine rings is 1. The van der Waals surface area contributed by atoms with E-state index < -0.39 is 0 Å². The fourth-order valence-corrected chi connectivity index (χ4v) is 2.78. The molecule has 100 valence electrons. The maximum Gasteiger partial charge on any atom is 0.128 e. The molecule has 0 radical (unpaired) electrons. The molecular weight excluding hydrogens is 222 g/mol. The Bertz CT molecular complexity index is 357. The molecule has 2 rings (SSSR count). The first kappa shape index (κ1) is 13.3. The van der Waals surface area contributed by atoms with Crippen LogP contribution in [-0.4, -0.2) is 25.1 Å². The molecule has 0 saturated heterocycles. The molecule has 1 aromatic rings. The molecule has 0 amide bonds. The maximum absolute atomic E-state index is 4.73. The number of hydrogen-bond donors (Lipinski definition) is 1. The van der Waals surface area contributed by atoms with Crippen LogP contribution in [0.25, 0.3) is 0 Å². The summed E-state index contributed by atoms with van der Waals surface area (Å²) >= 11 is 0. The molecule has 0 bridgehead atoms. The number of rotatable bonds is 4. The topological polar surface area (TPSA) is 28.2 Å². The average molecular weight is 247 g/mol. The first-order valence-electron chi connectivity index (χ1n) is 7.14. The van der Waals surface area contributed by atoms with E-state index in [9.17, 15) is 0 Å². The van der Waals surface area contributed by atoms with Crippen molar-refractivity contribution in [2.45, 2.75) is 51.1 Å². The van der Waals surface area contributed by atoms with Gasteiger partial charge in [0, 0.05) is 19.6 Å². The second kappa shape index (κ2) is 6.74. The third kappa shape index (κ3) is 3.45. The Morgan fingerprint density at radius 1 is 1.22 bits per heavy atom. The number of nitrogens with one attached hydrogen (secondary N) is 1. The van der Waals surface area contributed by atoms with Crippen molar-refractivity contribution < 1.29 is 0 Å². The van der Waals surface area contributed by atoms with E-state index in [0.29, 0.717) is 6.04 Å². The molecule has 18 heavy (non-hydrogen) atoms. The third-order valence-corrected chi connectivity index (χ3v) is 3.88. The van der Waals surface area contributed by atoms with Gasteiger partial charge in [0.15, 0.2) is 0 Å². The van der Waals surface area contributed by atoms with Gasteiger partial charge in [0.1, 0.15) is 5.82 Å². The minimum atomic E-state index is 0.671. The molecule has 1 aromatic heterocycles. The predicted molar refractivity (Wildman–Crippen MR) is 76.9 cm³/mol. The van der Waals surface area contributed by atoms with Crippen LogP contribution in [0.3, 0.4) is 0 Å². The van der Waals surface area contributed by atoms with Crippen LogP contribution in [0.15, 0.2) is 18.2 Å². The third-order valence-electron chi connectivity index (χ3n) is 3.88. The summed E-state index contributed by atoms with van der Waals surface area (Å²) in [5, 5.41) is 3.16. The minimum Gasteiger partial charge on any atom is -0.357 e. The second-order valence-electron chi connectivity index (χ2n) is 5.27. The highest BCUT2D eigenvalue weighted by Gasteiger charge is 2.18. The van der Waals surface area contributed by atoms with Gasteiger partial charge in [-0.25, -0.2) is 4.98 Å². The van der Waals surface area contributed by atoms with Gasteiger partial charge in [-0.1, -0.05) is 31.7 Å². The Balaban J connectivity index is 2.06. The van der Waals surface area contributed by atoms with Crippen molar-refractivity contribution in [2.24, 2.45) is 0 Å². The van der Waals surface area contributed by atoms with Crippen molar-refractivity contribution in [3.8, 4) is 0 Å². The van der Waals surface area contributed by atoms with Gasteiger partial charge in [-0.2, -0.15) is 0 Å². The van der Waals surface area contributed by atoms with E-state index in [0.717, 1.165) is 18.1 Å². The van der Waals surface area contributed by atoms with Crippen LogP contribution in [0.2, 0.25) is 0 Å². The lowest BCUT2D eigenvalue weighted by Gasteiger charge is -2.28. The van der Waals surface area contributed by atoms with Crippen molar-refractivity contribution >= 4 is 5.82 Å². The van der Waals surface area contributed by atoms with Crippen LogP contribution < -0.4 is 10.2 Å². The van der Waals surface area contributed by atoms with E-state index in [1.807, 2.05) is 7.05 Å². The van der Waals surface area contributed by atoms with E-state index in [1.54, 1.807) is 0 Å². The van der Waals surface area contributed by atoms with Gasteiger partial charge in [-0.3, -0.25) is 0 Å². The molecule has 0 unspecified atom stereocenters. The van der Waals surface area contributed by atoms with E-state index in [-0.39, 0.29) is 0 Å². The summed E-state index contributed by atoms with van der Waals surface area (Å²) in [6.45, 7) is 0.840. The Kier molecular flexibility index (Phi) is 5.00. The van der Waals surface area contributed by atoms with E-state index in [4.69, 9.17) is 4.98 Å². The Morgan fingerprint density at radius 3 is 2.61 bits per heavy atom. The van der Waals surface area contributed by atoms with Crippen molar-refractivity contribution in [1.82, 2.24) is 10.3 Å². The van der Waals surface area contributed by atoms with E-state index in [1.165, 1.54) is 38.5 Å². The van der Waals surface area contributed by atoms with E-state index in [2.05, 4.69) is 35.5 Å². The molecular formula is C15H25N3. The van der Waals surface area contributed by atoms with Crippen LogP contribution in [0.4, 0.5) is 5.82 Å². The van der Waals surface area contributed by atoms with Crippen molar-refractivity contribution in [3.05, 3.63) is 23.9 Å². The summed E-state index contributed by atoms with van der Waals surface area (Å²) in [7, 11) is 4.16. The molecule has 0 aromatic carbocycles. The first-order chi connectivity index (χ1) is 8.81. The van der Waals surface area contributed by atoms with Gasteiger partial charge in [0.25, 0.3) is 0 Å². The lowest BCUT2D eigenvalue weighted by atomic mass is 10.1. The molecule has 1 aliphatic carbocycles.